The molecule has 1 heterocycles. The van der Waals surface area contributed by atoms with Gasteiger partial charge in [-0.3, -0.25) is 0 Å². The molecule has 62 valence electrons. The van der Waals surface area contributed by atoms with Crippen molar-refractivity contribution in [1.82, 2.24) is 0 Å². The summed E-state index contributed by atoms with van der Waals surface area (Å²) in [5.41, 5.74) is 5.64. The van der Waals surface area contributed by atoms with Gasteiger partial charge in [-0.1, -0.05) is 0 Å². The summed E-state index contributed by atoms with van der Waals surface area (Å²) >= 11 is 3.17. The van der Waals surface area contributed by atoms with Gasteiger partial charge in [0.15, 0.2) is 4.67 Å². The van der Waals surface area contributed by atoms with E-state index in [1.807, 2.05) is 0 Å². The highest BCUT2D eigenvalue weighted by Crippen LogP contribution is 2.20. The van der Waals surface area contributed by atoms with Crippen molar-refractivity contribution >= 4 is 15.9 Å². The normalized spacial score (nSPS) is 13.4. The third-order valence-electron chi connectivity index (χ3n) is 1.40. The molecule has 0 bridgehead atoms. The van der Waals surface area contributed by atoms with Crippen LogP contribution >= 0.6 is 15.9 Å². The van der Waals surface area contributed by atoms with Crippen LogP contribution < -0.4 is 5.73 Å². The Hall–Kier alpha value is -0.320. The standard InChI is InChI=1S/C7H10BrNO2/c8-7-2-1-6(11-7)5(9)3-4-10/h1-2,5,10H,3-4,9H2/t5-/m0/s1. The highest BCUT2D eigenvalue weighted by Gasteiger charge is 2.08. The fourth-order valence-corrected chi connectivity index (χ4v) is 1.13. The molecule has 0 aliphatic heterocycles. The first-order valence-corrected chi connectivity index (χ1v) is 4.15. The fraction of sp³-hybridized carbons (Fsp3) is 0.429. The van der Waals surface area contributed by atoms with E-state index in [2.05, 4.69) is 15.9 Å². The van der Waals surface area contributed by atoms with Crippen LogP contribution in [-0.2, 0) is 0 Å². The van der Waals surface area contributed by atoms with Crippen molar-refractivity contribution in [2.75, 3.05) is 6.61 Å². The van der Waals surface area contributed by atoms with Gasteiger partial charge in [0.05, 0.1) is 6.04 Å². The molecular weight excluding hydrogens is 210 g/mol. The second-order valence-electron chi connectivity index (χ2n) is 2.26. The Balaban J connectivity index is 2.60. The Labute approximate surface area is 73.3 Å². The van der Waals surface area contributed by atoms with Gasteiger partial charge in [0.2, 0.25) is 0 Å². The lowest BCUT2D eigenvalue weighted by atomic mass is 10.2. The van der Waals surface area contributed by atoms with Gasteiger partial charge in [-0.05, 0) is 34.5 Å². The molecule has 0 unspecified atom stereocenters. The Kier molecular flexibility index (Phi) is 3.11. The van der Waals surface area contributed by atoms with Gasteiger partial charge in [-0.2, -0.15) is 0 Å². The van der Waals surface area contributed by atoms with Crippen LogP contribution in [-0.4, -0.2) is 11.7 Å². The predicted molar refractivity (Wildman–Crippen MR) is 45.0 cm³/mol. The predicted octanol–water partition coefficient (Wildman–Crippen LogP) is 1.42. The van der Waals surface area contributed by atoms with Crippen molar-refractivity contribution in [3.63, 3.8) is 0 Å². The lowest BCUT2D eigenvalue weighted by Crippen LogP contribution is -2.10. The van der Waals surface area contributed by atoms with Gasteiger partial charge in [0.25, 0.3) is 0 Å². The number of hydrogen-bond acceptors (Lipinski definition) is 3. The molecule has 0 aliphatic carbocycles. The van der Waals surface area contributed by atoms with Crippen LogP contribution in [0.3, 0.4) is 0 Å². The van der Waals surface area contributed by atoms with Gasteiger partial charge in [0, 0.05) is 6.61 Å². The summed E-state index contributed by atoms with van der Waals surface area (Å²) in [5.74, 6) is 0.700. The van der Waals surface area contributed by atoms with Gasteiger partial charge >= 0.3 is 0 Å². The molecule has 0 spiro atoms. The number of furan rings is 1. The van der Waals surface area contributed by atoms with Crippen LogP contribution in [0.2, 0.25) is 0 Å². The lowest BCUT2D eigenvalue weighted by molar-refractivity contribution is 0.268. The zero-order chi connectivity index (χ0) is 8.27. The van der Waals surface area contributed by atoms with Crippen molar-refractivity contribution in [1.29, 1.82) is 0 Å². The molecule has 1 rings (SSSR count). The summed E-state index contributed by atoms with van der Waals surface area (Å²) in [7, 11) is 0. The van der Waals surface area contributed by atoms with E-state index in [1.165, 1.54) is 0 Å². The molecule has 0 fully saturated rings. The average Bonchev–Trinajstić information content (AvgIpc) is 2.36. The maximum Gasteiger partial charge on any atom is 0.169 e. The maximum absolute atomic E-state index is 8.57. The molecule has 0 saturated carbocycles. The van der Waals surface area contributed by atoms with E-state index in [0.29, 0.717) is 16.9 Å². The molecule has 1 atom stereocenters. The van der Waals surface area contributed by atoms with Crippen LogP contribution in [0.4, 0.5) is 0 Å². The van der Waals surface area contributed by atoms with Gasteiger partial charge in [-0.15, -0.1) is 0 Å². The molecule has 0 saturated heterocycles. The largest absolute Gasteiger partial charge is 0.453 e. The molecule has 1 aromatic rings. The second-order valence-corrected chi connectivity index (χ2v) is 3.04. The monoisotopic (exact) mass is 219 g/mol. The van der Waals surface area contributed by atoms with Crippen molar-refractivity contribution in [2.45, 2.75) is 12.5 Å². The first kappa shape index (κ1) is 8.77. The highest BCUT2D eigenvalue weighted by molar-refractivity contribution is 9.10. The molecule has 0 amide bonds. The summed E-state index contributed by atoms with van der Waals surface area (Å²) in [4.78, 5) is 0. The maximum atomic E-state index is 8.57. The molecule has 11 heavy (non-hydrogen) atoms. The Morgan fingerprint density at radius 1 is 1.64 bits per heavy atom. The summed E-state index contributed by atoms with van der Waals surface area (Å²) in [6.45, 7) is 0.0828. The van der Waals surface area contributed by atoms with Crippen LogP contribution in [0.1, 0.15) is 18.2 Å². The van der Waals surface area contributed by atoms with Crippen molar-refractivity contribution in [3.8, 4) is 0 Å². The molecule has 3 N–H and O–H groups in total. The molecule has 0 aliphatic rings. The van der Waals surface area contributed by atoms with Gasteiger partial charge in [-0.25, -0.2) is 0 Å². The molecule has 1 aromatic heterocycles. The summed E-state index contributed by atoms with van der Waals surface area (Å²) in [6.07, 6.45) is 0.528. The number of aliphatic hydroxyl groups excluding tert-OH is 1. The number of hydrogen-bond donors (Lipinski definition) is 2. The Morgan fingerprint density at radius 3 is 2.82 bits per heavy atom. The van der Waals surface area contributed by atoms with E-state index in [0.717, 1.165) is 0 Å². The highest BCUT2D eigenvalue weighted by atomic mass is 79.9. The lowest BCUT2D eigenvalue weighted by Gasteiger charge is -2.04. The average molecular weight is 220 g/mol. The van der Waals surface area contributed by atoms with Crippen molar-refractivity contribution < 1.29 is 9.52 Å². The Morgan fingerprint density at radius 2 is 2.36 bits per heavy atom. The third-order valence-corrected chi connectivity index (χ3v) is 1.83. The summed E-state index contributed by atoms with van der Waals surface area (Å²) < 4.78 is 5.85. The van der Waals surface area contributed by atoms with Crippen molar-refractivity contribution in [3.05, 3.63) is 22.6 Å². The van der Waals surface area contributed by atoms with Gasteiger partial charge in [0.1, 0.15) is 5.76 Å². The number of rotatable bonds is 3. The molecule has 4 heteroatoms. The van der Waals surface area contributed by atoms with E-state index in [4.69, 9.17) is 15.3 Å². The van der Waals surface area contributed by atoms with E-state index in [-0.39, 0.29) is 12.6 Å². The summed E-state index contributed by atoms with van der Waals surface area (Å²) in [5, 5.41) is 8.57. The number of halogens is 1. The van der Waals surface area contributed by atoms with E-state index in [9.17, 15) is 0 Å². The topological polar surface area (TPSA) is 59.4 Å². The van der Waals surface area contributed by atoms with E-state index >= 15 is 0 Å². The minimum atomic E-state index is -0.203. The molecule has 0 aromatic carbocycles. The first-order valence-electron chi connectivity index (χ1n) is 3.35. The van der Waals surface area contributed by atoms with E-state index < -0.39 is 0 Å². The molecule has 3 nitrogen and oxygen atoms in total. The third kappa shape index (κ3) is 2.32. The smallest absolute Gasteiger partial charge is 0.169 e. The van der Waals surface area contributed by atoms with Crippen LogP contribution in [0.5, 0.6) is 0 Å². The SMILES string of the molecule is N[C@@H](CCO)c1ccc(Br)o1. The quantitative estimate of drug-likeness (QED) is 0.809. The zero-order valence-electron chi connectivity index (χ0n) is 5.96. The molecular formula is C7H10BrNO2. The van der Waals surface area contributed by atoms with Crippen LogP contribution in [0.15, 0.2) is 21.2 Å². The zero-order valence-corrected chi connectivity index (χ0v) is 7.54. The Bertz CT molecular complexity index is 224. The van der Waals surface area contributed by atoms with E-state index in [1.54, 1.807) is 12.1 Å². The minimum absolute atomic E-state index is 0.0828. The number of nitrogens with two attached hydrogens (primary N) is 1. The molecule has 0 radical (unpaired) electrons. The van der Waals surface area contributed by atoms with Gasteiger partial charge < -0.3 is 15.3 Å². The first-order chi connectivity index (χ1) is 5.24. The number of aliphatic hydroxyl groups is 1. The van der Waals surface area contributed by atoms with Crippen LogP contribution in [0.25, 0.3) is 0 Å². The summed E-state index contributed by atoms with van der Waals surface area (Å²) in [6, 6.07) is 3.38. The fourth-order valence-electron chi connectivity index (χ4n) is 0.809. The second kappa shape index (κ2) is 3.90. The van der Waals surface area contributed by atoms with Crippen molar-refractivity contribution in [2.24, 2.45) is 5.73 Å². The van der Waals surface area contributed by atoms with Crippen LogP contribution in [0, 0.1) is 0 Å². The minimum Gasteiger partial charge on any atom is -0.453 e.